The van der Waals surface area contributed by atoms with Crippen LogP contribution in [0, 0.1) is 23.5 Å². The summed E-state index contributed by atoms with van der Waals surface area (Å²) >= 11 is 0. The Hall–Kier alpha value is -1.18. The molecule has 1 aromatic carbocycles. The topological polar surface area (TPSA) is 0 Å². The van der Waals surface area contributed by atoms with Gasteiger partial charge in [-0.05, 0) is 73.1 Å². The molecule has 3 rings (SSSR count). The highest BCUT2D eigenvalue weighted by Crippen LogP contribution is 2.38. The summed E-state index contributed by atoms with van der Waals surface area (Å²) < 4.78 is 29.4. The lowest BCUT2D eigenvalue weighted by molar-refractivity contribution is 0.400. The van der Waals surface area contributed by atoms with Gasteiger partial charge < -0.3 is 0 Å². The predicted octanol–water partition coefficient (Wildman–Crippen LogP) is 6.85. The van der Waals surface area contributed by atoms with Crippen molar-refractivity contribution < 1.29 is 8.78 Å². The average molecular weight is 332 g/mol. The third-order valence-electron chi connectivity index (χ3n) is 5.97. The third-order valence-corrected chi connectivity index (χ3v) is 5.97. The zero-order chi connectivity index (χ0) is 17.1. The third kappa shape index (κ3) is 3.58. The van der Waals surface area contributed by atoms with Crippen molar-refractivity contribution in [2.24, 2.45) is 11.8 Å². The fourth-order valence-corrected chi connectivity index (χ4v) is 4.60. The molecule has 0 fully saturated rings. The molecule has 0 aliphatic heterocycles. The number of halogens is 2. The number of fused-ring (bicyclic) bond motifs is 1. The first kappa shape index (κ1) is 17.6. The van der Waals surface area contributed by atoms with E-state index in [1.165, 1.54) is 12.8 Å². The molecule has 1 aromatic rings. The second-order valence-electron chi connectivity index (χ2n) is 7.75. The van der Waals surface area contributed by atoms with E-state index in [1.54, 1.807) is 0 Å². The maximum absolute atomic E-state index is 14.7. The fourth-order valence-electron chi connectivity index (χ4n) is 4.60. The van der Waals surface area contributed by atoms with Gasteiger partial charge in [0.1, 0.15) is 0 Å². The highest BCUT2D eigenvalue weighted by atomic mass is 19.2. The van der Waals surface area contributed by atoms with Gasteiger partial charge in [0.2, 0.25) is 0 Å². The van der Waals surface area contributed by atoms with Crippen LogP contribution in [0.15, 0.2) is 12.1 Å². The van der Waals surface area contributed by atoms with Gasteiger partial charge in [0.05, 0.1) is 0 Å². The molecule has 2 heteroatoms. The van der Waals surface area contributed by atoms with Crippen LogP contribution in [0.25, 0.3) is 5.57 Å². The molecule has 0 heterocycles. The summed E-state index contributed by atoms with van der Waals surface area (Å²) in [6.45, 7) is 4.38. The highest BCUT2D eigenvalue weighted by Gasteiger charge is 2.27. The standard InChI is InChI=1S/C22H30F2/c1-3-5-15-7-10-17(11-8-15)20-14-18-12-9-16(6-4-2)13-19(18)21(23)22(20)24/h10,14-16H,3-9,11-13H2,1-2H3. The fraction of sp³-hybridized carbons (Fsp3) is 0.636. The Labute approximate surface area is 145 Å². The molecule has 0 amide bonds. The van der Waals surface area contributed by atoms with Gasteiger partial charge in [0.25, 0.3) is 0 Å². The van der Waals surface area contributed by atoms with Crippen molar-refractivity contribution >= 4 is 5.57 Å². The maximum atomic E-state index is 14.7. The predicted molar refractivity (Wildman–Crippen MR) is 97.0 cm³/mol. The Bertz CT molecular complexity index is 615. The molecular weight excluding hydrogens is 302 g/mol. The van der Waals surface area contributed by atoms with E-state index < -0.39 is 11.6 Å². The summed E-state index contributed by atoms with van der Waals surface area (Å²) in [7, 11) is 0. The van der Waals surface area contributed by atoms with E-state index in [-0.39, 0.29) is 0 Å². The Morgan fingerprint density at radius 1 is 0.958 bits per heavy atom. The minimum absolute atomic E-state index is 0.519. The SMILES string of the molecule is CCCC1CC=C(c2cc3c(c(F)c2F)CC(CCC)CC3)CC1. The summed E-state index contributed by atoms with van der Waals surface area (Å²) in [5, 5.41) is 0. The Morgan fingerprint density at radius 3 is 2.33 bits per heavy atom. The first-order valence-corrected chi connectivity index (χ1v) is 9.83. The molecule has 2 unspecified atom stereocenters. The largest absolute Gasteiger partial charge is 0.203 e. The molecule has 24 heavy (non-hydrogen) atoms. The van der Waals surface area contributed by atoms with E-state index in [0.717, 1.165) is 62.0 Å². The van der Waals surface area contributed by atoms with Gasteiger partial charge in [-0.15, -0.1) is 0 Å². The van der Waals surface area contributed by atoms with E-state index in [9.17, 15) is 8.78 Å². The van der Waals surface area contributed by atoms with E-state index in [0.29, 0.717) is 23.5 Å². The first-order chi connectivity index (χ1) is 11.6. The van der Waals surface area contributed by atoms with Crippen molar-refractivity contribution in [3.63, 3.8) is 0 Å². The Balaban J connectivity index is 1.85. The molecule has 0 saturated heterocycles. The van der Waals surface area contributed by atoms with Gasteiger partial charge in [-0.1, -0.05) is 45.6 Å². The summed E-state index contributed by atoms with van der Waals surface area (Å²) in [5.41, 5.74) is 3.27. The van der Waals surface area contributed by atoms with Crippen molar-refractivity contribution in [2.75, 3.05) is 0 Å². The van der Waals surface area contributed by atoms with Crippen LogP contribution in [0.5, 0.6) is 0 Å². The quantitative estimate of drug-likeness (QED) is 0.553. The highest BCUT2D eigenvalue weighted by molar-refractivity contribution is 5.68. The van der Waals surface area contributed by atoms with Gasteiger partial charge in [0, 0.05) is 5.56 Å². The van der Waals surface area contributed by atoms with E-state index >= 15 is 0 Å². The van der Waals surface area contributed by atoms with Gasteiger partial charge in [-0.3, -0.25) is 0 Å². The van der Waals surface area contributed by atoms with Gasteiger partial charge in [-0.25, -0.2) is 8.78 Å². The molecule has 2 atom stereocenters. The number of hydrogen-bond donors (Lipinski definition) is 0. The van der Waals surface area contributed by atoms with Crippen LogP contribution in [0.4, 0.5) is 8.78 Å². The second kappa shape index (κ2) is 7.80. The molecule has 2 aliphatic rings. The maximum Gasteiger partial charge on any atom is 0.166 e. The first-order valence-electron chi connectivity index (χ1n) is 9.83. The van der Waals surface area contributed by atoms with E-state index in [4.69, 9.17) is 0 Å². The van der Waals surface area contributed by atoms with Crippen LogP contribution in [0.3, 0.4) is 0 Å². The normalized spacial score (nSPS) is 23.8. The monoisotopic (exact) mass is 332 g/mol. The molecule has 0 radical (unpaired) electrons. The van der Waals surface area contributed by atoms with Gasteiger partial charge in [-0.2, -0.15) is 0 Å². The van der Waals surface area contributed by atoms with Crippen LogP contribution >= 0.6 is 0 Å². The van der Waals surface area contributed by atoms with E-state index in [1.807, 2.05) is 6.07 Å². The van der Waals surface area contributed by atoms with Crippen molar-refractivity contribution in [3.8, 4) is 0 Å². The van der Waals surface area contributed by atoms with Crippen LogP contribution in [-0.4, -0.2) is 0 Å². The molecule has 0 nitrogen and oxygen atoms in total. The molecular formula is C22H30F2. The van der Waals surface area contributed by atoms with E-state index in [2.05, 4.69) is 19.9 Å². The Kier molecular flexibility index (Phi) is 5.73. The summed E-state index contributed by atoms with van der Waals surface area (Å²) in [6.07, 6.45) is 12.6. The summed E-state index contributed by atoms with van der Waals surface area (Å²) in [6, 6.07) is 1.96. The lowest BCUT2D eigenvalue weighted by Crippen LogP contribution is -2.18. The molecule has 0 N–H and O–H groups in total. The number of aryl methyl sites for hydroxylation is 1. The number of rotatable bonds is 5. The lowest BCUT2D eigenvalue weighted by atomic mass is 9.79. The molecule has 0 saturated carbocycles. The smallest absolute Gasteiger partial charge is 0.166 e. The zero-order valence-electron chi connectivity index (χ0n) is 15.1. The van der Waals surface area contributed by atoms with Gasteiger partial charge in [0.15, 0.2) is 11.6 Å². The number of hydrogen-bond acceptors (Lipinski definition) is 0. The van der Waals surface area contributed by atoms with Crippen molar-refractivity contribution in [2.45, 2.75) is 78.1 Å². The molecule has 0 aromatic heterocycles. The molecule has 132 valence electrons. The number of benzene rings is 1. The van der Waals surface area contributed by atoms with Crippen LogP contribution in [0.1, 0.15) is 81.9 Å². The van der Waals surface area contributed by atoms with Crippen LogP contribution in [-0.2, 0) is 12.8 Å². The van der Waals surface area contributed by atoms with Gasteiger partial charge >= 0.3 is 0 Å². The average Bonchev–Trinajstić information content (AvgIpc) is 2.60. The van der Waals surface area contributed by atoms with Crippen LogP contribution < -0.4 is 0 Å². The molecule has 0 spiro atoms. The minimum Gasteiger partial charge on any atom is -0.203 e. The summed E-state index contributed by atoms with van der Waals surface area (Å²) in [5.74, 6) is 0.0658. The second-order valence-corrected chi connectivity index (χ2v) is 7.75. The minimum atomic E-state index is -0.605. The number of allylic oxidation sites excluding steroid dienone is 2. The van der Waals surface area contributed by atoms with Crippen LogP contribution in [0.2, 0.25) is 0 Å². The van der Waals surface area contributed by atoms with Crippen molar-refractivity contribution in [1.82, 2.24) is 0 Å². The Morgan fingerprint density at radius 2 is 1.67 bits per heavy atom. The zero-order valence-corrected chi connectivity index (χ0v) is 15.1. The van der Waals surface area contributed by atoms with Crippen molar-refractivity contribution in [3.05, 3.63) is 40.5 Å². The molecule has 0 bridgehead atoms. The summed E-state index contributed by atoms with van der Waals surface area (Å²) in [4.78, 5) is 0. The van der Waals surface area contributed by atoms with Crippen molar-refractivity contribution in [1.29, 1.82) is 0 Å². The lowest BCUT2D eigenvalue weighted by Gasteiger charge is -2.27. The molecule has 2 aliphatic carbocycles.